The van der Waals surface area contributed by atoms with Gasteiger partial charge in [0.15, 0.2) is 5.82 Å². The number of rotatable bonds is 3. The Morgan fingerprint density at radius 3 is 2.91 bits per heavy atom. The Balaban J connectivity index is 2.82. The predicted molar refractivity (Wildman–Crippen MR) is 39.4 cm³/mol. The van der Waals surface area contributed by atoms with Gasteiger partial charge in [-0.15, -0.1) is 0 Å². The lowest BCUT2D eigenvalue weighted by Crippen LogP contribution is -2.19. The van der Waals surface area contributed by atoms with Crippen LogP contribution in [0.15, 0.2) is 24.4 Å². The summed E-state index contributed by atoms with van der Waals surface area (Å²) in [5.41, 5.74) is 0. The Morgan fingerprint density at radius 1 is 1.64 bits per heavy atom. The summed E-state index contributed by atoms with van der Waals surface area (Å²) >= 11 is 0. The number of anilines is 1. The molecule has 1 radical (unpaired) electrons. The quantitative estimate of drug-likeness (QED) is 0.467. The molecule has 0 saturated carbocycles. The first-order valence-electron chi connectivity index (χ1n) is 3.01. The molecule has 1 aromatic rings. The lowest BCUT2D eigenvalue weighted by molar-refractivity contribution is 0.204. The van der Waals surface area contributed by atoms with Gasteiger partial charge in [-0.3, -0.25) is 9.63 Å². The first-order chi connectivity index (χ1) is 5.38. The number of aromatic nitrogens is 1. The molecule has 4 nitrogen and oxygen atoms in total. The van der Waals surface area contributed by atoms with E-state index in [4.69, 9.17) is 0 Å². The molecule has 1 amide bonds. The Morgan fingerprint density at radius 2 is 2.45 bits per heavy atom. The highest BCUT2D eigenvalue weighted by atomic mass is 16.7. The Hall–Kier alpha value is -1.42. The summed E-state index contributed by atoms with van der Waals surface area (Å²) in [7, 11) is 1.37. The van der Waals surface area contributed by atoms with E-state index in [1.807, 2.05) is 0 Å². The first-order valence-corrected chi connectivity index (χ1v) is 3.01. The van der Waals surface area contributed by atoms with Crippen molar-refractivity contribution < 1.29 is 9.63 Å². The molecular weight excluding hydrogens is 144 g/mol. The number of hydroxylamine groups is 1. The van der Waals surface area contributed by atoms with E-state index in [0.717, 1.165) is 5.06 Å². The summed E-state index contributed by atoms with van der Waals surface area (Å²) in [6, 6.07) is 5.15. The topological polar surface area (TPSA) is 42.4 Å². The maximum absolute atomic E-state index is 10.2. The third-order valence-electron chi connectivity index (χ3n) is 1.12. The number of amides is 1. The fourth-order valence-corrected chi connectivity index (χ4v) is 0.651. The van der Waals surface area contributed by atoms with Gasteiger partial charge in [0, 0.05) is 6.20 Å². The minimum Gasteiger partial charge on any atom is -0.267 e. The van der Waals surface area contributed by atoms with Crippen molar-refractivity contribution >= 4 is 12.2 Å². The van der Waals surface area contributed by atoms with Crippen LogP contribution in [0.25, 0.3) is 0 Å². The smallest absolute Gasteiger partial charge is 0.267 e. The lowest BCUT2D eigenvalue weighted by atomic mass is 10.5. The largest absolute Gasteiger partial charge is 0.344 e. The van der Waals surface area contributed by atoms with E-state index in [9.17, 15) is 4.79 Å². The minimum absolute atomic E-state index is 0.421. The van der Waals surface area contributed by atoms with E-state index in [-0.39, 0.29) is 0 Å². The van der Waals surface area contributed by atoms with E-state index < -0.39 is 0 Å². The number of carbonyl (C=O) groups excluding carboxylic acids is 1. The van der Waals surface area contributed by atoms with Gasteiger partial charge in [-0.2, -0.15) is 5.06 Å². The molecule has 57 valence electrons. The summed E-state index contributed by atoms with van der Waals surface area (Å²) in [4.78, 5) is 18.7. The zero-order valence-electron chi connectivity index (χ0n) is 6.02. The van der Waals surface area contributed by atoms with Crippen molar-refractivity contribution in [3.05, 3.63) is 24.4 Å². The molecule has 0 atom stereocenters. The maximum atomic E-state index is 10.2. The molecule has 0 spiro atoms. The average molecular weight is 151 g/mol. The van der Waals surface area contributed by atoms with Crippen molar-refractivity contribution in [2.45, 2.75) is 0 Å². The second-order valence-electron chi connectivity index (χ2n) is 1.76. The fourth-order valence-electron chi connectivity index (χ4n) is 0.651. The summed E-state index contributed by atoms with van der Waals surface area (Å²) in [5, 5.41) is 0.917. The van der Waals surface area contributed by atoms with Gasteiger partial charge < -0.3 is 0 Å². The molecule has 0 unspecified atom stereocenters. The van der Waals surface area contributed by atoms with Gasteiger partial charge in [0.1, 0.15) is 0 Å². The SMILES string of the molecule is CON([C]=O)c1ccccn1. The molecule has 0 aliphatic heterocycles. The van der Waals surface area contributed by atoms with Gasteiger partial charge in [0.05, 0.1) is 7.11 Å². The molecule has 0 aromatic carbocycles. The lowest BCUT2D eigenvalue weighted by Gasteiger charge is -2.09. The molecule has 11 heavy (non-hydrogen) atoms. The molecule has 1 heterocycles. The standard InChI is InChI=1S/C7H7N2O2/c1-11-9(6-10)7-4-2-3-5-8-7/h2-5H,1H3. The van der Waals surface area contributed by atoms with Crippen molar-refractivity contribution in [3.63, 3.8) is 0 Å². The van der Waals surface area contributed by atoms with E-state index >= 15 is 0 Å². The van der Waals surface area contributed by atoms with Crippen LogP contribution in [0.2, 0.25) is 0 Å². The third-order valence-corrected chi connectivity index (χ3v) is 1.12. The molecule has 0 aliphatic rings. The second kappa shape index (κ2) is 3.68. The van der Waals surface area contributed by atoms with Gasteiger partial charge in [0.25, 0.3) is 0 Å². The predicted octanol–water partition coefficient (Wildman–Crippen LogP) is 0.517. The number of hydrogen-bond acceptors (Lipinski definition) is 3. The van der Waals surface area contributed by atoms with Gasteiger partial charge >= 0.3 is 6.41 Å². The zero-order chi connectivity index (χ0) is 8.10. The highest BCUT2D eigenvalue weighted by Gasteiger charge is 2.03. The molecule has 0 saturated heterocycles. The van der Waals surface area contributed by atoms with Gasteiger partial charge in [-0.25, -0.2) is 4.98 Å². The Bertz CT molecular complexity index is 225. The van der Waals surface area contributed by atoms with Crippen molar-refractivity contribution in [2.75, 3.05) is 12.2 Å². The highest BCUT2D eigenvalue weighted by molar-refractivity contribution is 5.70. The number of nitrogens with zero attached hydrogens (tertiary/aromatic N) is 2. The molecule has 0 aliphatic carbocycles. The van der Waals surface area contributed by atoms with Crippen LogP contribution in [0.5, 0.6) is 0 Å². The minimum atomic E-state index is 0.421. The second-order valence-corrected chi connectivity index (χ2v) is 1.76. The van der Waals surface area contributed by atoms with Crippen LogP contribution in [0.4, 0.5) is 5.82 Å². The maximum Gasteiger partial charge on any atom is 0.344 e. The Kier molecular flexibility index (Phi) is 2.57. The summed E-state index contributed by atoms with van der Waals surface area (Å²) in [5.74, 6) is 0.421. The van der Waals surface area contributed by atoms with Crippen LogP contribution in [0, 0.1) is 0 Å². The summed E-state index contributed by atoms with van der Waals surface area (Å²) < 4.78 is 0. The summed E-state index contributed by atoms with van der Waals surface area (Å²) in [6.45, 7) is 0. The molecule has 4 heteroatoms. The van der Waals surface area contributed by atoms with E-state index in [0.29, 0.717) is 5.82 Å². The van der Waals surface area contributed by atoms with Crippen molar-refractivity contribution in [1.29, 1.82) is 0 Å². The van der Waals surface area contributed by atoms with Gasteiger partial charge in [-0.1, -0.05) is 6.07 Å². The van der Waals surface area contributed by atoms with Crippen LogP contribution in [0.1, 0.15) is 0 Å². The normalized spacial score (nSPS) is 9.18. The fraction of sp³-hybridized carbons (Fsp3) is 0.143. The van der Waals surface area contributed by atoms with Crippen LogP contribution in [-0.2, 0) is 9.63 Å². The van der Waals surface area contributed by atoms with E-state index in [1.54, 1.807) is 30.8 Å². The molecule has 0 fully saturated rings. The first kappa shape index (κ1) is 7.68. The van der Waals surface area contributed by atoms with Crippen molar-refractivity contribution in [3.8, 4) is 0 Å². The monoisotopic (exact) mass is 151 g/mol. The van der Waals surface area contributed by atoms with E-state index in [2.05, 4.69) is 9.82 Å². The van der Waals surface area contributed by atoms with Gasteiger partial charge in [-0.05, 0) is 12.1 Å². The Labute approximate surface area is 64.4 Å². The van der Waals surface area contributed by atoms with Crippen LogP contribution >= 0.6 is 0 Å². The van der Waals surface area contributed by atoms with Crippen LogP contribution in [-0.4, -0.2) is 18.5 Å². The van der Waals surface area contributed by atoms with E-state index in [1.165, 1.54) is 7.11 Å². The zero-order valence-corrected chi connectivity index (χ0v) is 6.02. The van der Waals surface area contributed by atoms with Crippen LogP contribution in [0.3, 0.4) is 0 Å². The molecule has 0 bridgehead atoms. The third kappa shape index (κ3) is 1.75. The van der Waals surface area contributed by atoms with Crippen molar-refractivity contribution in [2.24, 2.45) is 0 Å². The van der Waals surface area contributed by atoms with Crippen LogP contribution < -0.4 is 5.06 Å². The highest BCUT2D eigenvalue weighted by Crippen LogP contribution is 2.05. The molecule has 1 aromatic heterocycles. The summed E-state index contributed by atoms with van der Waals surface area (Å²) in [6.07, 6.45) is 3.13. The average Bonchev–Trinajstić information content (AvgIpc) is 2.09. The van der Waals surface area contributed by atoms with Crippen molar-refractivity contribution in [1.82, 2.24) is 4.98 Å². The molecule has 0 N–H and O–H groups in total. The number of pyridine rings is 1. The molecule has 1 rings (SSSR count). The number of hydrogen-bond donors (Lipinski definition) is 0. The van der Waals surface area contributed by atoms with Gasteiger partial charge in [0.2, 0.25) is 0 Å². The molecular formula is C7H7N2O2.